The first kappa shape index (κ1) is 15.6. The maximum Gasteiger partial charge on any atom is 0.163 e. The summed E-state index contributed by atoms with van der Waals surface area (Å²) in [6.07, 6.45) is 7.16. The van der Waals surface area contributed by atoms with Gasteiger partial charge in [-0.05, 0) is 18.1 Å². The van der Waals surface area contributed by atoms with Crippen LogP contribution in [-0.2, 0) is 17.7 Å². The molecule has 0 radical (unpaired) electrons. The number of aromatic nitrogens is 2. The Bertz CT molecular complexity index is 719. The second kappa shape index (κ2) is 6.18. The summed E-state index contributed by atoms with van der Waals surface area (Å²) in [5, 5.41) is 0. The third kappa shape index (κ3) is 3.03. The van der Waals surface area contributed by atoms with E-state index >= 15 is 0 Å². The van der Waals surface area contributed by atoms with Crippen molar-refractivity contribution >= 4 is 0 Å². The zero-order chi connectivity index (χ0) is 16.6. The van der Waals surface area contributed by atoms with Gasteiger partial charge in [0, 0.05) is 49.4 Å². The number of benzene rings is 1. The van der Waals surface area contributed by atoms with Gasteiger partial charge in [0.25, 0.3) is 0 Å². The summed E-state index contributed by atoms with van der Waals surface area (Å²) in [6.45, 7) is 2.91. The maximum atomic E-state index is 13.8. The van der Waals surface area contributed by atoms with Crippen molar-refractivity contribution in [3.63, 3.8) is 0 Å². The van der Waals surface area contributed by atoms with E-state index < -0.39 is 11.6 Å². The van der Waals surface area contributed by atoms with Crippen molar-refractivity contribution in [2.75, 3.05) is 19.7 Å². The van der Waals surface area contributed by atoms with Crippen LogP contribution in [0.5, 0.6) is 0 Å². The first-order valence-corrected chi connectivity index (χ1v) is 8.14. The molecule has 0 N–H and O–H groups in total. The van der Waals surface area contributed by atoms with E-state index in [-0.39, 0.29) is 11.5 Å². The van der Waals surface area contributed by atoms with E-state index in [9.17, 15) is 8.78 Å². The SMILES string of the molecule is Fc1cccc(CN2CC3(CO[C@H](Cc4cncnc4)C3)C2)c1F. The zero-order valence-electron chi connectivity index (χ0n) is 13.3. The smallest absolute Gasteiger partial charge is 0.163 e. The fourth-order valence-corrected chi connectivity index (χ4v) is 3.87. The van der Waals surface area contributed by atoms with E-state index in [0.29, 0.717) is 12.1 Å². The highest BCUT2D eigenvalue weighted by molar-refractivity contribution is 5.20. The molecule has 1 atom stereocenters. The number of hydrogen-bond donors (Lipinski definition) is 0. The number of nitrogens with zero attached hydrogens (tertiary/aromatic N) is 3. The third-order valence-corrected chi connectivity index (χ3v) is 4.91. The summed E-state index contributed by atoms with van der Waals surface area (Å²) in [5.41, 5.74) is 1.66. The summed E-state index contributed by atoms with van der Waals surface area (Å²) in [6, 6.07) is 4.35. The molecule has 2 aromatic rings. The minimum atomic E-state index is -0.780. The normalized spacial score (nSPS) is 22.7. The largest absolute Gasteiger partial charge is 0.377 e. The molecule has 1 aromatic heterocycles. The highest BCUT2D eigenvalue weighted by Gasteiger charge is 2.48. The van der Waals surface area contributed by atoms with Crippen LogP contribution < -0.4 is 0 Å². The monoisotopic (exact) mass is 331 g/mol. The van der Waals surface area contributed by atoms with Gasteiger partial charge in [0.05, 0.1) is 12.7 Å². The fourth-order valence-electron chi connectivity index (χ4n) is 3.87. The number of ether oxygens (including phenoxy) is 1. The van der Waals surface area contributed by atoms with Crippen LogP contribution in [-0.4, -0.2) is 40.7 Å². The van der Waals surface area contributed by atoms with Crippen molar-refractivity contribution in [2.24, 2.45) is 5.41 Å². The Hall–Kier alpha value is -1.92. The molecule has 3 heterocycles. The molecule has 4 nitrogen and oxygen atoms in total. The summed E-state index contributed by atoms with van der Waals surface area (Å²) >= 11 is 0. The molecular formula is C18H19F2N3O. The lowest BCUT2D eigenvalue weighted by Gasteiger charge is -2.47. The number of rotatable bonds is 4. The second-order valence-corrected chi connectivity index (χ2v) is 6.95. The molecule has 1 aromatic carbocycles. The average Bonchev–Trinajstić information content (AvgIpc) is 2.96. The van der Waals surface area contributed by atoms with Gasteiger partial charge in [-0.15, -0.1) is 0 Å². The Balaban J connectivity index is 1.32. The van der Waals surface area contributed by atoms with Crippen molar-refractivity contribution in [3.8, 4) is 0 Å². The van der Waals surface area contributed by atoms with E-state index in [1.807, 2.05) is 12.4 Å². The highest BCUT2D eigenvalue weighted by atomic mass is 19.2. The van der Waals surface area contributed by atoms with E-state index in [2.05, 4.69) is 14.9 Å². The van der Waals surface area contributed by atoms with Crippen LogP contribution in [0, 0.1) is 17.0 Å². The summed E-state index contributed by atoms with van der Waals surface area (Å²) in [4.78, 5) is 10.2. The Kier molecular flexibility index (Phi) is 4.02. The van der Waals surface area contributed by atoms with Gasteiger partial charge in [0.15, 0.2) is 11.6 Å². The molecule has 4 rings (SSSR count). The standard InChI is InChI=1S/C18H19F2N3O/c19-16-3-1-2-14(17(16)20)8-23-9-18(10-23)5-15(24-11-18)4-13-6-21-12-22-7-13/h1-3,6-7,12,15H,4-5,8-11H2/t15-/m1/s1. The van der Waals surface area contributed by atoms with Gasteiger partial charge in [-0.1, -0.05) is 12.1 Å². The van der Waals surface area contributed by atoms with Crippen LogP contribution in [0.3, 0.4) is 0 Å². The molecule has 1 spiro atoms. The molecular weight excluding hydrogens is 312 g/mol. The van der Waals surface area contributed by atoms with Gasteiger partial charge in [0.1, 0.15) is 6.33 Å². The van der Waals surface area contributed by atoms with Crippen LogP contribution in [0.15, 0.2) is 36.9 Å². The predicted octanol–water partition coefficient (Wildman–Crippen LogP) is 2.59. The Morgan fingerprint density at radius 2 is 2.00 bits per heavy atom. The summed E-state index contributed by atoms with van der Waals surface area (Å²) < 4.78 is 33.0. The van der Waals surface area contributed by atoms with E-state index in [0.717, 1.165) is 44.2 Å². The van der Waals surface area contributed by atoms with Crippen molar-refractivity contribution in [3.05, 3.63) is 59.7 Å². The third-order valence-electron chi connectivity index (χ3n) is 4.91. The molecule has 24 heavy (non-hydrogen) atoms. The molecule has 0 saturated carbocycles. The minimum Gasteiger partial charge on any atom is -0.377 e. The highest BCUT2D eigenvalue weighted by Crippen LogP contribution is 2.42. The first-order valence-electron chi connectivity index (χ1n) is 8.14. The number of halogens is 2. The molecule has 2 aliphatic heterocycles. The number of hydrogen-bond acceptors (Lipinski definition) is 4. The quantitative estimate of drug-likeness (QED) is 0.863. The lowest BCUT2D eigenvalue weighted by Crippen LogP contribution is -2.56. The lowest BCUT2D eigenvalue weighted by atomic mass is 9.77. The predicted molar refractivity (Wildman–Crippen MR) is 84.2 cm³/mol. The van der Waals surface area contributed by atoms with Gasteiger partial charge >= 0.3 is 0 Å². The summed E-state index contributed by atoms with van der Waals surface area (Å²) in [7, 11) is 0. The Morgan fingerprint density at radius 1 is 1.21 bits per heavy atom. The van der Waals surface area contributed by atoms with E-state index in [1.165, 1.54) is 6.33 Å². The van der Waals surface area contributed by atoms with Crippen molar-refractivity contribution in [2.45, 2.75) is 25.5 Å². The van der Waals surface area contributed by atoms with Gasteiger partial charge < -0.3 is 4.74 Å². The molecule has 6 heteroatoms. The molecule has 0 amide bonds. The Morgan fingerprint density at radius 3 is 2.79 bits per heavy atom. The van der Waals surface area contributed by atoms with Gasteiger partial charge in [-0.3, -0.25) is 4.90 Å². The Labute approximate surface area is 139 Å². The zero-order valence-corrected chi connectivity index (χ0v) is 13.3. The molecule has 0 bridgehead atoms. The van der Waals surface area contributed by atoms with Crippen LogP contribution in [0.1, 0.15) is 17.5 Å². The van der Waals surface area contributed by atoms with Crippen molar-refractivity contribution in [1.29, 1.82) is 0 Å². The van der Waals surface area contributed by atoms with Crippen LogP contribution in [0.4, 0.5) is 8.78 Å². The maximum absolute atomic E-state index is 13.8. The van der Waals surface area contributed by atoms with Crippen LogP contribution in [0.2, 0.25) is 0 Å². The lowest BCUT2D eigenvalue weighted by molar-refractivity contribution is -0.0147. The molecule has 126 valence electrons. The van der Waals surface area contributed by atoms with Crippen molar-refractivity contribution in [1.82, 2.24) is 14.9 Å². The molecule has 0 unspecified atom stereocenters. The van der Waals surface area contributed by atoms with Gasteiger partial charge in [0.2, 0.25) is 0 Å². The van der Waals surface area contributed by atoms with Crippen molar-refractivity contribution < 1.29 is 13.5 Å². The van der Waals surface area contributed by atoms with E-state index in [4.69, 9.17) is 4.74 Å². The minimum absolute atomic E-state index is 0.157. The van der Waals surface area contributed by atoms with Gasteiger partial charge in [-0.25, -0.2) is 18.7 Å². The molecule has 2 fully saturated rings. The second-order valence-electron chi connectivity index (χ2n) is 6.95. The molecule has 2 aliphatic rings. The number of likely N-dealkylation sites (tertiary alicyclic amines) is 1. The van der Waals surface area contributed by atoms with Crippen LogP contribution >= 0.6 is 0 Å². The van der Waals surface area contributed by atoms with E-state index in [1.54, 1.807) is 12.1 Å². The topological polar surface area (TPSA) is 38.2 Å². The van der Waals surface area contributed by atoms with Gasteiger partial charge in [-0.2, -0.15) is 0 Å². The molecule has 0 aliphatic carbocycles. The average molecular weight is 331 g/mol. The van der Waals surface area contributed by atoms with Crippen LogP contribution in [0.25, 0.3) is 0 Å². The molecule has 2 saturated heterocycles. The fraction of sp³-hybridized carbons (Fsp3) is 0.444. The first-order chi connectivity index (χ1) is 11.6. The summed E-state index contributed by atoms with van der Waals surface area (Å²) in [5.74, 6) is -1.51.